The molecular formula is C19H21BrN2O2. The molecule has 0 fully saturated rings. The van der Waals surface area contributed by atoms with Gasteiger partial charge < -0.3 is 5.11 Å². The Balaban J connectivity index is 2.08. The summed E-state index contributed by atoms with van der Waals surface area (Å²) >= 11 is 3.49. The highest BCUT2D eigenvalue weighted by atomic mass is 79.9. The Labute approximate surface area is 149 Å². The number of hydrogen-bond acceptors (Lipinski definition) is 2. The molecule has 1 aromatic heterocycles. The van der Waals surface area contributed by atoms with E-state index in [0.717, 1.165) is 28.6 Å². The minimum Gasteiger partial charge on any atom is -0.387 e. The molecule has 1 aliphatic heterocycles. The summed E-state index contributed by atoms with van der Waals surface area (Å²) in [5.74, 6) is 0. The molecule has 1 aromatic carbocycles. The Bertz CT molecular complexity index is 889. The van der Waals surface area contributed by atoms with Gasteiger partial charge in [0, 0.05) is 18.7 Å². The van der Waals surface area contributed by atoms with Gasteiger partial charge in [-0.05, 0) is 19.4 Å². The topological polar surface area (TPSA) is 47.2 Å². The van der Waals surface area contributed by atoms with E-state index >= 15 is 0 Å². The minimum absolute atomic E-state index is 0.0270. The van der Waals surface area contributed by atoms with Gasteiger partial charge in [0.05, 0.1) is 22.0 Å². The third-order valence-electron chi connectivity index (χ3n) is 4.51. The van der Waals surface area contributed by atoms with E-state index in [0.29, 0.717) is 13.1 Å². The van der Waals surface area contributed by atoms with Gasteiger partial charge in [-0.15, -0.1) is 0 Å². The van der Waals surface area contributed by atoms with Crippen molar-refractivity contribution in [3.63, 3.8) is 0 Å². The molecule has 5 heteroatoms. The average Bonchev–Trinajstić information content (AvgIpc) is 2.85. The molecule has 0 saturated carbocycles. The van der Waals surface area contributed by atoms with Crippen molar-refractivity contribution in [1.29, 1.82) is 0 Å². The third-order valence-corrected chi connectivity index (χ3v) is 5.30. The lowest BCUT2D eigenvalue weighted by Gasteiger charge is -2.24. The number of para-hydroxylation sites is 1. The quantitative estimate of drug-likeness (QED) is 0.482. The van der Waals surface area contributed by atoms with E-state index in [1.165, 1.54) is 0 Å². The number of aromatic nitrogens is 2. The van der Waals surface area contributed by atoms with Crippen molar-refractivity contribution in [2.24, 2.45) is 0 Å². The van der Waals surface area contributed by atoms with Gasteiger partial charge >= 0.3 is 5.69 Å². The zero-order valence-corrected chi connectivity index (χ0v) is 15.2. The molecule has 0 bridgehead atoms. The van der Waals surface area contributed by atoms with Crippen molar-refractivity contribution in [2.45, 2.75) is 37.4 Å². The van der Waals surface area contributed by atoms with Crippen LogP contribution >= 0.6 is 15.9 Å². The summed E-state index contributed by atoms with van der Waals surface area (Å²) in [6.07, 6.45) is 7.93. The largest absolute Gasteiger partial charge is 0.387 e. The number of allylic oxidation sites excluding steroid dienone is 5. The van der Waals surface area contributed by atoms with Gasteiger partial charge in [-0.3, -0.25) is 9.13 Å². The van der Waals surface area contributed by atoms with Crippen LogP contribution in [-0.4, -0.2) is 19.1 Å². The minimum atomic E-state index is -0.597. The zero-order valence-electron chi connectivity index (χ0n) is 13.7. The molecule has 3 rings (SSSR count). The first-order chi connectivity index (χ1) is 11.6. The van der Waals surface area contributed by atoms with Crippen molar-refractivity contribution >= 4 is 27.0 Å². The number of benzene rings is 1. The van der Waals surface area contributed by atoms with Crippen molar-refractivity contribution in [2.75, 3.05) is 0 Å². The number of halogens is 1. The van der Waals surface area contributed by atoms with Crippen LogP contribution in [0.1, 0.15) is 25.0 Å². The number of aliphatic hydroxyl groups is 1. The average molecular weight is 389 g/mol. The fraction of sp³-hybridized carbons (Fsp3) is 0.316. The summed E-state index contributed by atoms with van der Waals surface area (Å²) in [7, 11) is 0. The first kappa shape index (κ1) is 17.0. The fourth-order valence-corrected chi connectivity index (χ4v) is 3.80. The highest BCUT2D eigenvalue weighted by Crippen LogP contribution is 2.34. The summed E-state index contributed by atoms with van der Waals surface area (Å²) in [6.45, 7) is 6.69. The number of nitrogens with zero attached hydrogens (tertiary/aromatic N) is 2. The van der Waals surface area contributed by atoms with E-state index in [9.17, 15) is 9.90 Å². The van der Waals surface area contributed by atoms with E-state index in [2.05, 4.69) is 28.6 Å². The lowest BCUT2D eigenvalue weighted by molar-refractivity contribution is 0.165. The molecule has 0 spiro atoms. The summed E-state index contributed by atoms with van der Waals surface area (Å²) in [4.78, 5) is 12.7. The standard InChI is InChI=1S/C19H21BrN2O2/c1-3-5-6-8-13(4-2)11-21-16-10-7-9-14-17(16)22(19(21)24)12-15(20)18(14)23/h3-7,9-10,15,18,23H,1,8,11-12H2,2H3/b6-5-,13-4+/t15?,18-/m0/s1. The zero-order chi connectivity index (χ0) is 17.3. The molecular weight excluding hydrogens is 368 g/mol. The smallest absolute Gasteiger partial charge is 0.329 e. The first-order valence-electron chi connectivity index (χ1n) is 8.04. The molecule has 126 valence electrons. The maximum Gasteiger partial charge on any atom is 0.329 e. The Morgan fingerprint density at radius 1 is 1.50 bits per heavy atom. The molecule has 4 nitrogen and oxygen atoms in total. The Hall–Kier alpha value is -1.85. The van der Waals surface area contributed by atoms with Crippen LogP contribution in [0.2, 0.25) is 0 Å². The Morgan fingerprint density at radius 3 is 3.00 bits per heavy atom. The Kier molecular flexibility index (Phi) is 4.92. The number of imidazole rings is 1. The molecule has 1 N–H and O–H groups in total. The van der Waals surface area contributed by atoms with Crippen molar-refractivity contribution < 1.29 is 5.11 Å². The maximum absolute atomic E-state index is 12.9. The second-order valence-electron chi connectivity index (χ2n) is 5.97. The van der Waals surface area contributed by atoms with Gasteiger partial charge in [-0.2, -0.15) is 0 Å². The van der Waals surface area contributed by atoms with Crippen LogP contribution in [-0.2, 0) is 13.1 Å². The van der Waals surface area contributed by atoms with E-state index in [4.69, 9.17) is 0 Å². The second kappa shape index (κ2) is 6.95. The summed E-state index contributed by atoms with van der Waals surface area (Å²) in [6, 6.07) is 5.74. The van der Waals surface area contributed by atoms with Crippen LogP contribution in [0.25, 0.3) is 11.0 Å². The van der Waals surface area contributed by atoms with Crippen LogP contribution in [0.3, 0.4) is 0 Å². The van der Waals surface area contributed by atoms with E-state index < -0.39 is 6.10 Å². The lowest BCUT2D eigenvalue weighted by atomic mass is 10.0. The predicted octanol–water partition coefficient (Wildman–Crippen LogP) is 3.69. The fourth-order valence-electron chi connectivity index (χ4n) is 3.23. The molecule has 2 aromatic rings. The van der Waals surface area contributed by atoms with Crippen molar-refractivity contribution in [3.05, 3.63) is 70.7 Å². The molecule has 0 saturated heterocycles. The van der Waals surface area contributed by atoms with Crippen LogP contribution in [0.5, 0.6) is 0 Å². The summed E-state index contributed by atoms with van der Waals surface area (Å²) in [5, 5.41) is 10.4. The summed E-state index contributed by atoms with van der Waals surface area (Å²) < 4.78 is 3.57. The van der Waals surface area contributed by atoms with Crippen molar-refractivity contribution in [1.82, 2.24) is 9.13 Å². The van der Waals surface area contributed by atoms with Crippen LogP contribution in [0, 0.1) is 0 Å². The van der Waals surface area contributed by atoms with Crippen molar-refractivity contribution in [3.8, 4) is 0 Å². The third kappa shape index (κ3) is 2.82. The highest BCUT2D eigenvalue weighted by Gasteiger charge is 2.30. The molecule has 1 aliphatic rings. The van der Waals surface area contributed by atoms with Gasteiger partial charge in [0.25, 0.3) is 0 Å². The van der Waals surface area contributed by atoms with Gasteiger partial charge in [-0.1, -0.05) is 64.5 Å². The SMILES string of the molecule is C=C/C=C\C/C(=C\C)Cn1c(=O)n2c3c(cccc31)[C@H](O)C(Br)C2. The van der Waals surface area contributed by atoms with E-state index in [1.54, 1.807) is 15.2 Å². The van der Waals surface area contributed by atoms with Crippen LogP contribution in [0.15, 0.2) is 59.4 Å². The molecule has 1 unspecified atom stereocenters. The monoisotopic (exact) mass is 388 g/mol. The highest BCUT2D eigenvalue weighted by molar-refractivity contribution is 9.09. The van der Waals surface area contributed by atoms with Crippen LogP contribution < -0.4 is 5.69 Å². The lowest BCUT2D eigenvalue weighted by Crippen LogP contribution is -2.32. The molecule has 24 heavy (non-hydrogen) atoms. The summed E-state index contributed by atoms with van der Waals surface area (Å²) in [5.41, 5.74) is 3.67. The van der Waals surface area contributed by atoms with E-state index in [-0.39, 0.29) is 10.5 Å². The van der Waals surface area contributed by atoms with Gasteiger partial charge in [0.1, 0.15) is 0 Å². The molecule has 2 atom stereocenters. The molecule has 0 amide bonds. The Morgan fingerprint density at radius 2 is 2.29 bits per heavy atom. The number of hydrogen-bond donors (Lipinski definition) is 1. The van der Waals surface area contributed by atoms with Gasteiger partial charge in [0.15, 0.2) is 0 Å². The maximum atomic E-state index is 12.9. The van der Waals surface area contributed by atoms with Gasteiger partial charge in [-0.25, -0.2) is 4.79 Å². The van der Waals surface area contributed by atoms with Gasteiger partial charge in [0.2, 0.25) is 0 Å². The number of rotatable bonds is 5. The number of alkyl halides is 1. The normalized spacial score (nSPS) is 20.9. The van der Waals surface area contributed by atoms with Crippen LogP contribution in [0.4, 0.5) is 0 Å². The molecule has 0 aliphatic carbocycles. The molecule has 0 radical (unpaired) electrons. The second-order valence-corrected chi connectivity index (χ2v) is 7.15. The van der Waals surface area contributed by atoms with E-state index in [1.807, 2.05) is 37.3 Å². The number of aliphatic hydroxyl groups excluding tert-OH is 1. The predicted molar refractivity (Wildman–Crippen MR) is 102 cm³/mol. The molecule has 2 heterocycles. The first-order valence-corrected chi connectivity index (χ1v) is 8.95.